The first-order valence-electron chi connectivity index (χ1n) is 10.1. The Kier molecular flexibility index (Phi) is 12.3. The van der Waals surface area contributed by atoms with Crippen molar-refractivity contribution in [2.45, 2.75) is 76.6 Å². The Labute approximate surface area is 192 Å². The van der Waals surface area contributed by atoms with Gasteiger partial charge in [-0.05, 0) is 12.1 Å². The smallest absolute Gasteiger partial charge is 0.165 e. The Morgan fingerprint density at radius 3 is 1.97 bits per heavy atom. The van der Waals surface area contributed by atoms with Gasteiger partial charge in [-0.25, -0.2) is 9.67 Å². The molecule has 2 aromatic rings. The maximum Gasteiger partial charge on any atom is 0.165 e. The number of rotatable bonds is 12. The van der Waals surface area contributed by atoms with Gasteiger partial charge in [-0.2, -0.15) is 5.10 Å². The van der Waals surface area contributed by atoms with Crippen LogP contribution < -0.4 is 0 Å². The quantitative estimate of drug-likeness (QED) is 0.242. The van der Waals surface area contributed by atoms with Gasteiger partial charge >= 0.3 is 0 Å². The Morgan fingerprint density at radius 2 is 1.47 bits per heavy atom. The van der Waals surface area contributed by atoms with Crippen molar-refractivity contribution >= 4 is 39.3 Å². The van der Waals surface area contributed by atoms with Gasteiger partial charge in [-0.3, -0.25) is 4.57 Å². The van der Waals surface area contributed by atoms with Gasteiger partial charge in [-0.15, -0.1) is 33.4 Å². The minimum atomic E-state index is -0.993. The number of hydrogen-bond donors (Lipinski definition) is 0. The van der Waals surface area contributed by atoms with Gasteiger partial charge in [0.2, 0.25) is 0 Å². The minimum Gasteiger partial charge on any atom is -0.361 e. The summed E-state index contributed by atoms with van der Waals surface area (Å²) in [5, 5.41) is 11.8. The molecular formula is C18H36Cl2N6O2Si2. The molecule has 2 rings (SSSR count). The molecule has 0 unspecified atom stereocenters. The fourth-order valence-electron chi connectivity index (χ4n) is 2.02. The summed E-state index contributed by atoms with van der Waals surface area (Å²) in [6.07, 6.45) is 3.29. The summed E-state index contributed by atoms with van der Waals surface area (Å²) in [6.45, 7) is 16.6. The van der Waals surface area contributed by atoms with E-state index in [-0.39, 0.29) is 0 Å². The van der Waals surface area contributed by atoms with Crippen LogP contribution in [0.2, 0.25) is 51.4 Å². The van der Waals surface area contributed by atoms with Crippen LogP contribution in [0.15, 0.2) is 12.7 Å². The topological polar surface area (TPSA) is 79.9 Å². The average Bonchev–Trinajstić information content (AvgIpc) is 3.30. The summed E-state index contributed by atoms with van der Waals surface area (Å²) in [4.78, 5) is 4.01. The number of alkyl halides is 2. The largest absolute Gasteiger partial charge is 0.361 e. The van der Waals surface area contributed by atoms with Gasteiger partial charge in [0, 0.05) is 29.4 Å². The highest BCUT2D eigenvalue weighted by atomic mass is 35.5. The normalized spacial score (nSPS) is 12.0. The van der Waals surface area contributed by atoms with Crippen molar-refractivity contribution in [3.05, 3.63) is 24.3 Å². The fourth-order valence-corrected chi connectivity index (χ4v) is 3.87. The molecule has 30 heavy (non-hydrogen) atoms. The van der Waals surface area contributed by atoms with Crippen molar-refractivity contribution in [1.82, 2.24) is 29.5 Å². The lowest BCUT2D eigenvalue weighted by Gasteiger charge is -2.15. The molecule has 172 valence electrons. The molecule has 8 nitrogen and oxygen atoms in total. The zero-order chi connectivity index (χ0) is 22.6. The van der Waals surface area contributed by atoms with Gasteiger partial charge in [-0.1, -0.05) is 39.3 Å². The van der Waals surface area contributed by atoms with Crippen molar-refractivity contribution in [1.29, 1.82) is 0 Å². The van der Waals surface area contributed by atoms with Gasteiger partial charge in [0.1, 0.15) is 31.9 Å². The van der Waals surface area contributed by atoms with Crippen molar-refractivity contribution in [3.8, 4) is 0 Å². The predicted molar refractivity (Wildman–Crippen MR) is 127 cm³/mol. The van der Waals surface area contributed by atoms with Crippen LogP contribution in [0.3, 0.4) is 0 Å². The lowest BCUT2D eigenvalue weighted by Crippen LogP contribution is -2.22. The highest BCUT2D eigenvalue weighted by Gasteiger charge is 2.13. The lowest BCUT2D eigenvalue weighted by molar-refractivity contribution is 0.0781. The van der Waals surface area contributed by atoms with Crippen LogP contribution in [-0.4, -0.2) is 58.9 Å². The second-order valence-electron chi connectivity index (χ2n) is 9.38. The van der Waals surface area contributed by atoms with Gasteiger partial charge < -0.3 is 9.47 Å². The second kappa shape index (κ2) is 13.6. The monoisotopic (exact) mass is 494 g/mol. The summed E-state index contributed by atoms with van der Waals surface area (Å²) in [5.41, 5.74) is 0. The maximum atomic E-state index is 5.69. The third-order valence-corrected chi connectivity index (χ3v) is 7.85. The number of aromatic nitrogens is 6. The van der Waals surface area contributed by atoms with E-state index in [2.05, 4.69) is 59.6 Å². The molecule has 0 aliphatic carbocycles. The Morgan fingerprint density at radius 1 is 0.867 bits per heavy atom. The van der Waals surface area contributed by atoms with Gasteiger partial charge in [0.15, 0.2) is 5.82 Å². The zero-order valence-corrected chi connectivity index (χ0v) is 22.6. The van der Waals surface area contributed by atoms with Crippen molar-refractivity contribution in [2.75, 3.05) is 13.2 Å². The second-order valence-corrected chi connectivity index (χ2v) is 21.2. The number of nitrogens with zero attached hydrogens (tertiary/aromatic N) is 6. The third-order valence-electron chi connectivity index (χ3n) is 3.97. The molecule has 0 saturated heterocycles. The molecular weight excluding hydrogens is 459 g/mol. The number of ether oxygens (including phenoxy) is 2. The van der Waals surface area contributed by atoms with Crippen LogP contribution in [0, 0.1) is 0 Å². The van der Waals surface area contributed by atoms with E-state index in [0.717, 1.165) is 19.0 Å². The third kappa shape index (κ3) is 12.8. The van der Waals surface area contributed by atoms with Crippen LogP contribution >= 0.6 is 23.2 Å². The van der Waals surface area contributed by atoms with Crippen molar-refractivity contribution < 1.29 is 9.47 Å². The van der Waals surface area contributed by atoms with E-state index in [9.17, 15) is 0 Å². The molecule has 0 N–H and O–H groups in total. The first-order chi connectivity index (χ1) is 14.0. The summed E-state index contributed by atoms with van der Waals surface area (Å²) in [5.74, 6) is 2.12. The first kappa shape index (κ1) is 27.2. The molecule has 0 atom stereocenters. The van der Waals surface area contributed by atoms with Crippen molar-refractivity contribution in [3.63, 3.8) is 0 Å². The lowest BCUT2D eigenvalue weighted by atomic mass is 10.7. The molecule has 0 spiro atoms. The maximum absolute atomic E-state index is 5.69. The molecule has 0 aromatic carbocycles. The van der Waals surface area contributed by atoms with Crippen LogP contribution in [-0.2, 0) is 34.7 Å². The summed E-state index contributed by atoms with van der Waals surface area (Å²) < 4.78 is 14.6. The molecule has 0 aliphatic heterocycles. The van der Waals surface area contributed by atoms with Crippen molar-refractivity contribution in [2.24, 2.45) is 0 Å². The van der Waals surface area contributed by atoms with E-state index in [0.29, 0.717) is 31.0 Å². The fraction of sp³-hybridized carbons (Fsp3) is 0.778. The van der Waals surface area contributed by atoms with E-state index in [4.69, 9.17) is 32.7 Å². The molecule has 12 heteroatoms. The van der Waals surface area contributed by atoms with Crippen LogP contribution in [0.5, 0.6) is 0 Å². The summed E-state index contributed by atoms with van der Waals surface area (Å²) >= 11 is 11.3. The van der Waals surface area contributed by atoms with E-state index >= 15 is 0 Å². The van der Waals surface area contributed by atoms with E-state index < -0.39 is 16.1 Å². The number of halogens is 2. The standard InChI is InChI=1S/2C9H18ClN3OSi/c1-15(2,3)5-4-14-8-13-7-11-12-9(13)6-10;1-15(2,3)5-4-14-8-13-7-11-9(6-10)12-13/h2*7H,4-6,8H2,1-3H3. The first-order valence-corrected chi connectivity index (χ1v) is 18.5. The zero-order valence-electron chi connectivity index (χ0n) is 19.1. The minimum absolute atomic E-state index is 0.349. The van der Waals surface area contributed by atoms with Crippen LogP contribution in [0.25, 0.3) is 0 Å². The Hall–Kier alpha value is -0.786. The molecule has 0 radical (unpaired) electrons. The average molecular weight is 496 g/mol. The molecule has 2 heterocycles. The Bertz CT molecular complexity index is 716. The molecule has 0 amide bonds. The number of hydrogen-bond acceptors (Lipinski definition) is 6. The highest BCUT2D eigenvalue weighted by Crippen LogP contribution is 2.09. The van der Waals surface area contributed by atoms with Crippen LogP contribution in [0.4, 0.5) is 0 Å². The predicted octanol–water partition coefficient (Wildman–Crippen LogP) is 4.66. The molecule has 0 bridgehead atoms. The SMILES string of the molecule is C[Si](C)(C)CCOCn1cnc(CCl)n1.C[Si](C)(C)CCOCn1cnnc1CCl. The molecule has 2 aromatic heterocycles. The Balaban J connectivity index is 0.000000300. The van der Waals surface area contributed by atoms with Gasteiger partial charge in [0.05, 0.1) is 11.8 Å². The van der Waals surface area contributed by atoms with E-state index in [1.165, 1.54) is 12.1 Å². The molecule has 0 saturated carbocycles. The summed E-state index contributed by atoms with van der Waals surface area (Å²) in [6, 6.07) is 2.34. The van der Waals surface area contributed by atoms with Gasteiger partial charge in [0.25, 0.3) is 0 Å². The van der Waals surface area contributed by atoms with E-state index in [1.807, 2.05) is 4.57 Å². The summed E-state index contributed by atoms with van der Waals surface area (Å²) in [7, 11) is -1.98. The van der Waals surface area contributed by atoms with E-state index in [1.54, 1.807) is 17.3 Å². The highest BCUT2D eigenvalue weighted by molar-refractivity contribution is 6.76. The van der Waals surface area contributed by atoms with Crippen LogP contribution in [0.1, 0.15) is 11.6 Å². The molecule has 0 aliphatic rings. The molecule has 0 fully saturated rings.